The Kier molecular flexibility index (Phi) is 4.03. The Hall–Kier alpha value is -1.40. The van der Waals surface area contributed by atoms with Gasteiger partial charge in [-0.05, 0) is 30.7 Å². The van der Waals surface area contributed by atoms with E-state index in [2.05, 4.69) is 15.3 Å². The van der Waals surface area contributed by atoms with Crippen molar-refractivity contribution in [1.29, 1.82) is 0 Å². The standard InChI is InChI=1S/C14H19N3O2S/c1-15-14-16-12(11-6-7-20-13(11)17-14)19-10-5-3-4-9(8-10)18-2/h6-7,9-10H,3-5,8H2,1-2H3,(H,15,16,17). The summed E-state index contributed by atoms with van der Waals surface area (Å²) in [5, 5.41) is 6.00. The molecule has 5 nitrogen and oxygen atoms in total. The van der Waals surface area contributed by atoms with Crippen molar-refractivity contribution in [3.05, 3.63) is 11.4 Å². The third-order valence-corrected chi connectivity index (χ3v) is 4.51. The molecule has 1 fully saturated rings. The van der Waals surface area contributed by atoms with Gasteiger partial charge in [-0.3, -0.25) is 0 Å². The molecule has 2 heterocycles. The molecule has 2 unspecified atom stereocenters. The van der Waals surface area contributed by atoms with E-state index in [9.17, 15) is 0 Å². The molecule has 1 aliphatic rings. The smallest absolute Gasteiger partial charge is 0.227 e. The predicted molar refractivity (Wildman–Crippen MR) is 80.6 cm³/mol. The molecule has 0 amide bonds. The van der Waals surface area contributed by atoms with Gasteiger partial charge in [0.15, 0.2) is 0 Å². The fourth-order valence-corrected chi connectivity index (χ4v) is 3.37. The van der Waals surface area contributed by atoms with Crippen molar-refractivity contribution in [3.8, 4) is 5.88 Å². The van der Waals surface area contributed by atoms with E-state index in [1.807, 2.05) is 18.5 Å². The summed E-state index contributed by atoms with van der Waals surface area (Å²) in [5.74, 6) is 1.29. The lowest BCUT2D eigenvalue weighted by Gasteiger charge is -2.28. The number of fused-ring (bicyclic) bond motifs is 1. The summed E-state index contributed by atoms with van der Waals surface area (Å²) in [6.07, 6.45) is 4.73. The maximum Gasteiger partial charge on any atom is 0.227 e. The minimum Gasteiger partial charge on any atom is -0.474 e. The highest BCUT2D eigenvalue weighted by Gasteiger charge is 2.24. The van der Waals surface area contributed by atoms with Gasteiger partial charge in [-0.25, -0.2) is 4.98 Å². The van der Waals surface area contributed by atoms with Crippen molar-refractivity contribution in [2.75, 3.05) is 19.5 Å². The summed E-state index contributed by atoms with van der Waals surface area (Å²) in [5.41, 5.74) is 0. The molecule has 0 saturated heterocycles. The Morgan fingerprint density at radius 1 is 1.30 bits per heavy atom. The second kappa shape index (κ2) is 5.93. The Morgan fingerprint density at radius 3 is 2.95 bits per heavy atom. The van der Waals surface area contributed by atoms with Crippen molar-refractivity contribution in [1.82, 2.24) is 9.97 Å². The van der Waals surface area contributed by atoms with Crippen LogP contribution in [-0.4, -0.2) is 36.3 Å². The minimum absolute atomic E-state index is 0.177. The monoisotopic (exact) mass is 293 g/mol. The summed E-state index contributed by atoms with van der Waals surface area (Å²) >= 11 is 1.60. The van der Waals surface area contributed by atoms with E-state index in [-0.39, 0.29) is 6.10 Å². The molecule has 2 aromatic heterocycles. The van der Waals surface area contributed by atoms with E-state index < -0.39 is 0 Å². The van der Waals surface area contributed by atoms with Crippen LogP contribution in [0.5, 0.6) is 5.88 Å². The summed E-state index contributed by atoms with van der Waals surface area (Å²) in [4.78, 5) is 9.85. The number of aromatic nitrogens is 2. The second-order valence-electron chi connectivity index (χ2n) is 5.01. The van der Waals surface area contributed by atoms with Crippen LogP contribution >= 0.6 is 11.3 Å². The maximum atomic E-state index is 6.14. The molecule has 2 atom stereocenters. The molecular formula is C14H19N3O2S. The first-order valence-electron chi connectivity index (χ1n) is 6.92. The second-order valence-corrected chi connectivity index (χ2v) is 5.90. The summed E-state index contributed by atoms with van der Waals surface area (Å²) < 4.78 is 11.6. The highest BCUT2D eigenvalue weighted by atomic mass is 32.1. The first-order valence-corrected chi connectivity index (χ1v) is 7.80. The number of hydrogen-bond acceptors (Lipinski definition) is 6. The van der Waals surface area contributed by atoms with Crippen molar-refractivity contribution in [3.63, 3.8) is 0 Å². The first-order chi connectivity index (χ1) is 9.80. The van der Waals surface area contributed by atoms with Gasteiger partial charge in [0.05, 0.1) is 11.5 Å². The van der Waals surface area contributed by atoms with Crippen LogP contribution in [0.2, 0.25) is 0 Å². The molecule has 0 spiro atoms. The van der Waals surface area contributed by atoms with E-state index in [0.29, 0.717) is 17.9 Å². The normalized spacial score (nSPS) is 22.9. The molecule has 0 bridgehead atoms. The molecule has 20 heavy (non-hydrogen) atoms. The van der Waals surface area contributed by atoms with Gasteiger partial charge in [-0.2, -0.15) is 4.98 Å². The zero-order valence-electron chi connectivity index (χ0n) is 11.8. The number of anilines is 1. The molecule has 0 radical (unpaired) electrons. The number of nitrogens with one attached hydrogen (secondary N) is 1. The molecule has 108 valence electrons. The molecule has 1 N–H and O–H groups in total. The van der Waals surface area contributed by atoms with E-state index in [0.717, 1.165) is 35.9 Å². The van der Waals surface area contributed by atoms with E-state index in [4.69, 9.17) is 9.47 Å². The van der Waals surface area contributed by atoms with Crippen LogP contribution < -0.4 is 10.1 Å². The van der Waals surface area contributed by atoms with Gasteiger partial charge < -0.3 is 14.8 Å². The Labute approximate surface area is 122 Å². The number of hydrogen-bond donors (Lipinski definition) is 1. The number of methoxy groups -OCH3 is 1. The van der Waals surface area contributed by atoms with Gasteiger partial charge in [0.1, 0.15) is 10.9 Å². The maximum absolute atomic E-state index is 6.14. The lowest BCUT2D eigenvalue weighted by atomic mass is 9.95. The van der Waals surface area contributed by atoms with Gasteiger partial charge >= 0.3 is 0 Å². The van der Waals surface area contributed by atoms with Crippen molar-refractivity contribution in [2.45, 2.75) is 37.9 Å². The quantitative estimate of drug-likeness (QED) is 0.939. The van der Waals surface area contributed by atoms with E-state index in [1.165, 1.54) is 0 Å². The highest BCUT2D eigenvalue weighted by molar-refractivity contribution is 7.16. The van der Waals surface area contributed by atoms with Crippen molar-refractivity contribution < 1.29 is 9.47 Å². The van der Waals surface area contributed by atoms with Gasteiger partial charge in [0.2, 0.25) is 11.8 Å². The van der Waals surface area contributed by atoms with Crippen LogP contribution in [-0.2, 0) is 4.74 Å². The molecule has 2 aromatic rings. The third-order valence-electron chi connectivity index (χ3n) is 3.70. The summed E-state index contributed by atoms with van der Waals surface area (Å²) in [6, 6.07) is 2.02. The van der Waals surface area contributed by atoms with Crippen LogP contribution in [0.15, 0.2) is 11.4 Å². The zero-order valence-corrected chi connectivity index (χ0v) is 12.6. The van der Waals surface area contributed by atoms with Crippen LogP contribution in [0.25, 0.3) is 10.2 Å². The van der Waals surface area contributed by atoms with Crippen molar-refractivity contribution in [2.24, 2.45) is 0 Å². The minimum atomic E-state index is 0.177. The number of thiophene rings is 1. The molecule has 1 saturated carbocycles. The average Bonchev–Trinajstić information content (AvgIpc) is 2.96. The fourth-order valence-electron chi connectivity index (χ4n) is 2.61. The average molecular weight is 293 g/mol. The van der Waals surface area contributed by atoms with E-state index in [1.54, 1.807) is 18.4 Å². The highest BCUT2D eigenvalue weighted by Crippen LogP contribution is 2.31. The number of ether oxygens (including phenoxy) is 2. The summed E-state index contributed by atoms with van der Waals surface area (Å²) in [7, 11) is 3.59. The number of nitrogens with zero attached hydrogens (tertiary/aromatic N) is 2. The fraction of sp³-hybridized carbons (Fsp3) is 0.571. The van der Waals surface area contributed by atoms with Gasteiger partial charge in [0.25, 0.3) is 0 Å². The Morgan fingerprint density at radius 2 is 2.15 bits per heavy atom. The Balaban J connectivity index is 1.84. The SMILES string of the molecule is CNc1nc(OC2CCCC(OC)C2)c2ccsc2n1. The van der Waals surface area contributed by atoms with E-state index >= 15 is 0 Å². The molecule has 1 aliphatic carbocycles. The Bertz CT molecular complexity index is 587. The first kappa shape index (κ1) is 13.6. The zero-order chi connectivity index (χ0) is 13.9. The summed E-state index contributed by atoms with van der Waals surface area (Å²) in [6.45, 7) is 0. The largest absolute Gasteiger partial charge is 0.474 e. The molecule has 6 heteroatoms. The molecular weight excluding hydrogens is 274 g/mol. The van der Waals surface area contributed by atoms with Crippen molar-refractivity contribution >= 4 is 27.5 Å². The molecule has 0 aromatic carbocycles. The van der Waals surface area contributed by atoms with Gasteiger partial charge in [-0.1, -0.05) is 0 Å². The van der Waals surface area contributed by atoms with Crippen LogP contribution in [0.1, 0.15) is 25.7 Å². The van der Waals surface area contributed by atoms with Crippen LogP contribution in [0, 0.1) is 0 Å². The lowest BCUT2D eigenvalue weighted by Crippen LogP contribution is -2.29. The topological polar surface area (TPSA) is 56.3 Å². The molecule has 0 aliphatic heterocycles. The van der Waals surface area contributed by atoms with Crippen LogP contribution in [0.4, 0.5) is 5.95 Å². The predicted octanol–water partition coefficient (Wildman–Crippen LogP) is 3.07. The number of rotatable bonds is 4. The van der Waals surface area contributed by atoms with Crippen LogP contribution in [0.3, 0.4) is 0 Å². The molecule has 3 rings (SSSR count). The van der Waals surface area contributed by atoms with Gasteiger partial charge in [0, 0.05) is 20.6 Å². The lowest BCUT2D eigenvalue weighted by molar-refractivity contribution is 0.0201. The van der Waals surface area contributed by atoms with Gasteiger partial charge in [-0.15, -0.1) is 11.3 Å². The third kappa shape index (κ3) is 2.71.